The van der Waals surface area contributed by atoms with E-state index in [1.165, 1.54) is 11.1 Å². The maximum absolute atomic E-state index is 12.7. The van der Waals surface area contributed by atoms with Gasteiger partial charge in [0.1, 0.15) is 0 Å². The maximum atomic E-state index is 12.7. The van der Waals surface area contributed by atoms with E-state index in [-0.39, 0.29) is 12.1 Å². The van der Waals surface area contributed by atoms with Crippen LogP contribution >= 0.6 is 0 Å². The second-order valence-corrected chi connectivity index (χ2v) is 7.38. The van der Waals surface area contributed by atoms with Crippen LogP contribution in [-0.4, -0.2) is 61.8 Å². The van der Waals surface area contributed by atoms with E-state index in [1.54, 1.807) is 0 Å². The molecule has 2 amide bonds. The topological polar surface area (TPSA) is 56.8 Å². The van der Waals surface area contributed by atoms with Gasteiger partial charge in [-0.15, -0.1) is 0 Å². The van der Waals surface area contributed by atoms with Crippen molar-refractivity contribution >= 4 is 11.7 Å². The monoisotopic (exact) mass is 380 g/mol. The van der Waals surface area contributed by atoms with Crippen molar-refractivity contribution in [2.75, 3.05) is 51.3 Å². The van der Waals surface area contributed by atoms with Crippen LogP contribution in [0.1, 0.15) is 17.2 Å². The van der Waals surface area contributed by atoms with E-state index in [4.69, 9.17) is 4.74 Å². The lowest BCUT2D eigenvalue weighted by Gasteiger charge is -2.34. The van der Waals surface area contributed by atoms with E-state index in [2.05, 4.69) is 39.8 Å². The Bertz CT molecular complexity index is 760. The first-order valence-corrected chi connectivity index (χ1v) is 10.0. The smallest absolute Gasteiger partial charge is 0.321 e. The van der Waals surface area contributed by atoms with E-state index in [1.807, 2.05) is 35.2 Å². The number of rotatable bonds is 4. The van der Waals surface area contributed by atoms with Gasteiger partial charge in [-0.05, 0) is 23.3 Å². The number of hydrogen-bond acceptors (Lipinski definition) is 4. The largest absolute Gasteiger partial charge is 0.379 e. The molecule has 4 rings (SSSR count). The summed E-state index contributed by atoms with van der Waals surface area (Å²) in [5.74, 6) is 0. The zero-order valence-electron chi connectivity index (χ0n) is 16.1. The first kappa shape index (κ1) is 18.9. The first-order chi connectivity index (χ1) is 13.8. The Labute approximate surface area is 166 Å². The number of anilines is 1. The van der Waals surface area contributed by atoms with E-state index in [0.29, 0.717) is 13.1 Å². The summed E-state index contributed by atoms with van der Waals surface area (Å²) in [6.07, 6.45) is 0. The number of carbonyl (C=O) groups is 1. The molecular formula is C22H28N4O2. The van der Waals surface area contributed by atoms with Crippen molar-refractivity contribution in [1.29, 1.82) is 0 Å². The van der Waals surface area contributed by atoms with Crippen LogP contribution in [0.3, 0.4) is 0 Å². The summed E-state index contributed by atoms with van der Waals surface area (Å²) in [4.78, 5) is 17.0. The molecule has 1 atom stereocenters. The number of ether oxygens (including phenoxy) is 1. The van der Waals surface area contributed by atoms with E-state index in [0.717, 1.165) is 45.1 Å². The average molecular weight is 380 g/mol. The highest BCUT2D eigenvalue weighted by Crippen LogP contribution is 2.18. The molecule has 0 spiro atoms. The molecule has 2 aromatic rings. The normalized spacial score (nSPS) is 20.7. The van der Waals surface area contributed by atoms with Gasteiger partial charge < -0.3 is 20.3 Å². The van der Waals surface area contributed by atoms with Crippen LogP contribution in [0.25, 0.3) is 0 Å². The van der Waals surface area contributed by atoms with Gasteiger partial charge in [0, 0.05) is 45.0 Å². The minimum Gasteiger partial charge on any atom is -0.379 e. The molecule has 0 radical (unpaired) electrons. The van der Waals surface area contributed by atoms with Gasteiger partial charge in [-0.25, -0.2) is 4.79 Å². The minimum atomic E-state index is -0.0386. The van der Waals surface area contributed by atoms with Gasteiger partial charge in [-0.3, -0.25) is 4.90 Å². The molecule has 2 aliphatic heterocycles. The average Bonchev–Trinajstić information content (AvgIpc) is 2.76. The Morgan fingerprint density at radius 1 is 1.04 bits per heavy atom. The van der Waals surface area contributed by atoms with Crippen molar-refractivity contribution in [2.45, 2.75) is 12.6 Å². The highest BCUT2D eigenvalue weighted by molar-refractivity contribution is 5.89. The van der Waals surface area contributed by atoms with Crippen molar-refractivity contribution in [2.24, 2.45) is 0 Å². The van der Waals surface area contributed by atoms with E-state index in [9.17, 15) is 4.79 Å². The van der Waals surface area contributed by atoms with Gasteiger partial charge in [0.05, 0.1) is 19.3 Å². The highest BCUT2D eigenvalue weighted by atomic mass is 16.5. The van der Waals surface area contributed by atoms with Crippen LogP contribution in [-0.2, 0) is 11.3 Å². The van der Waals surface area contributed by atoms with Gasteiger partial charge in [0.25, 0.3) is 0 Å². The van der Waals surface area contributed by atoms with Crippen molar-refractivity contribution in [3.63, 3.8) is 0 Å². The zero-order valence-corrected chi connectivity index (χ0v) is 16.1. The number of nitrogens with one attached hydrogen (secondary N) is 2. The SMILES string of the molecule is O=C(Nc1ccc(CN2CCOCC2)cc1)N1CCN[C@@H](c2ccccc2)C1. The van der Waals surface area contributed by atoms with Crippen molar-refractivity contribution in [3.05, 3.63) is 65.7 Å². The van der Waals surface area contributed by atoms with Crippen molar-refractivity contribution in [1.82, 2.24) is 15.1 Å². The number of amides is 2. The van der Waals surface area contributed by atoms with Crippen LogP contribution in [0.5, 0.6) is 0 Å². The van der Waals surface area contributed by atoms with Gasteiger partial charge in [0.2, 0.25) is 0 Å². The zero-order chi connectivity index (χ0) is 19.2. The Morgan fingerprint density at radius 3 is 2.54 bits per heavy atom. The number of piperazine rings is 1. The van der Waals surface area contributed by atoms with Crippen molar-refractivity contribution in [3.8, 4) is 0 Å². The molecular weight excluding hydrogens is 352 g/mol. The highest BCUT2D eigenvalue weighted by Gasteiger charge is 2.24. The molecule has 148 valence electrons. The van der Waals surface area contributed by atoms with Crippen LogP contribution in [0, 0.1) is 0 Å². The summed E-state index contributed by atoms with van der Waals surface area (Å²) in [6, 6.07) is 18.6. The molecule has 6 heteroatoms. The number of benzene rings is 2. The van der Waals surface area contributed by atoms with Gasteiger partial charge in [-0.1, -0.05) is 42.5 Å². The molecule has 0 aromatic heterocycles. The molecule has 0 bridgehead atoms. The summed E-state index contributed by atoms with van der Waals surface area (Å²) in [5, 5.41) is 6.54. The van der Waals surface area contributed by atoms with Gasteiger partial charge in [0.15, 0.2) is 0 Å². The summed E-state index contributed by atoms with van der Waals surface area (Å²) in [7, 11) is 0. The second kappa shape index (κ2) is 9.19. The number of nitrogens with zero attached hydrogens (tertiary/aromatic N) is 2. The fourth-order valence-electron chi connectivity index (χ4n) is 3.76. The Morgan fingerprint density at radius 2 is 1.79 bits per heavy atom. The number of urea groups is 1. The summed E-state index contributed by atoms with van der Waals surface area (Å²) >= 11 is 0. The second-order valence-electron chi connectivity index (χ2n) is 7.38. The molecule has 28 heavy (non-hydrogen) atoms. The van der Waals surface area contributed by atoms with E-state index >= 15 is 0 Å². The Kier molecular flexibility index (Phi) is 6.21. The quantitative estimate of drug-likeness (QED) is 0.856. The third-order valence-electron chi connectivity index (χ3n) is 5.38. The minimum absolute atomic E-state index is 0.0386. The standard InChI is InChI=1S/C22H28N4O2/c27-22(26-11-10-23-21(17-26)19-4-2-1-3-5-19)24-20-8-6-18(7-9-20)16-25-12-14-28-15-13-25/h1-9,21,23H,10-17H2,(H,24,27)/t21-/m1/s1. The number of carbonyl (C=O) groups excluding carboxylic acids is 1. The molecule has 2 heterocycles. The molecule has 2 N–H and O–H groups in total. The van der Waals surface area contributed by atoms with Gasteiger partial charge >= 0.3 is 6.03 Å². The van der Waals surface area contributed by atoms with E-state index < -0.39 is 0 Å². The van der Waals surface area contributed by atoms with Crippen molar-refractivity contribution < 1.29 is 9.53 Å². The number of hydrogen-bond donors (Lipinski definition) is 2. The van der Waals surface area contributed by atoms with Crippen LogP contribution in [0.2, 0.25) is 0 Å². The van der Waals surface area contributed by atoms with Crippen LogP contribution < -0.4 is 10.6 Å². The van der Waals surface area contributed by atoms with Gasteiger partial charge in [-0.2, -0.15) is 0 Å². The summed E-state index contributed by atoms with van der Waals surface area (Å²) in [6.45, 7) is 6.68. The molecule has 0 aliphatic carbocycles. The predicted molar refractivity (Wildman–Crippen MR) is 110 cm³/mol. The lowest BCUT2D eigenvalue weighted by atomic mass is 10.0. The first-order valence-electron chi connectivity index (χ1n) is 10.0. The lowest BCUT2D eigenvalue weighted by molar-refractivity contribution is 0.0342. The maximum Gasteiger partial charge on any atom is 0.321 e. The Hall–Kier alpha value is -2.41. The molecule has 2 saturated heterocycles. The molecule has 0 saturated carbocycles. The molecule has 2 aliphatic rings. The third-order valence-corrected chi connectivity index (χ3v) is 5.38. The summed E-state index contributed by atoms with van der Waals surface area (Å²) in [5.41, 5.74) is 3.31. The third kappa shape index (κ3) is 4.90. The Balaban J connectivity index is 1.31. The molecule has 0 unspecified atom stereocenters. The molecule has 6 nitrogen and oxygen atoms in total. The summed E-state index contributed by atoms with van der Waals surface area (Å²) < 4.78 is 5.40. The molecule has 2 fully saturated rings. The fraction of sp³-hybridized carbons (Fsp3) is 0.409. The van der Waals surface area contributed by atoms with Crippen LogP contribution in [0.4, 0.5) is 10.5 Å². The predicted octanol–water partition coefficient (Wildman–Crippen LogP) is 2.70. The van der Waals surface area contributed by atoms with Crippen LogP contribution in [0.15, 0.2) is 54.6 Å². The number of morpholine rings is 1. The fourth-order valence-corrected chi connectivity index (χ4v) is 3.76. The lowest BCUT2D eigenvalue weighted by Crippen LogP contribution is -2.49. The molecule has 2 aromatic carbocycles.